The molecule has 0 radical (unpaired) electrons. The van der Waals surface area contributed by atoms with Crippen LogP contribution in [0.3, 0.4) is 0 Å². The Labute approximate surface area is 77.3 Å². The van der Waals surface area contributed by atoms with E-state index in [1.54, 1.807) is 0 Å². The highest BCUT2D eigenvalue weighted by molar-refractivity contribution is 4.88. The van der Waals surface area contributed by atoms with Gasteiger partial charge in [0.25, 0.3) is 0 Å². The minimum absolute atomic E-state index is 0.296. The molecule has 1 aliphatic heterocycles. The van der Waals surface area contributed by atoms with Crippen LogP contribution < -0.4 is 0 Å². The molecule has 1 aliphatic rings. The Bertz CT molecular complexity index is 266. The molecule has 1 atom stereocenters. The van der Waals surface area contributed by atoms with Crippen molar-refractivity contribution in [3.05, 3.63) is 11.7 Å². The minimum atomic E-state index is 0.296. The Morgan fingerprint density at radius 1 is 1.54 bits per heavy atom. The van der Waals surface area contributed by atoms with E-state index < -0.39 is 0 Å². The fraction of sp³-hybridized carbons (Fsp3) is 0.778. The number of aromatic nitrogens is 2. The zero-order valence-corrected chi connectivity index (χ0v) is 7.82. The third-order valence-corrected chi connectivity index (χ3v) is 2.25. The van der Waals surface area contributed by atoms with Gasteiger partial charge in [0, 0.05) is 13.0 Å². The maximum absolute atomic E-state index is 5.47. The van der Waals surface area contributed by atoms with Gasteiger partial charge in [0.1, 0.15) is 0 Å². The van der Waals surface area contributed by atoms with Gasteiger partial charge in [-0.2, -0.15) is 4.98 Å². The summed E-state index contributed by atoms with van der Waals surface area (Å²) in [7, 11) is 0. The highest BCUT2D eigenvalue weighted by Gasteiger charge is 2.18. The third kappa shape index (κ3) is 2.06. The number of hydrogen-bond donors (Lipinski definition) is 0. The van der Waals surface area contributed by atoms with Crippen molar-refractivity contribution in [1.82, 2.24) is 10.1 Å². The van der Waals surface area contributed by atoms with E-state index in [0.29, 0.717) is 12.0 Å². The van der Waals surface area contributed by atoms with E-state index in [0.717, 1.165) is 38.1 Å². The van der Waals surface area contributed by atoms with Crippen LogP contribution in [-0.4, -0.2) is 22.9 Å². The number of rotatable bonds is 3. The number of ether oxygens (including phenoxy) is 1. The second-order valence-corrected chi connectivity index (χ2v) is 3.30. The van der Waals surface area contributed by atoms with E-state index in [4.69, 9.17) is 9.26 Å². The van der Waals surface area contributed by atoms with E-state index in [9.17, 15) is 0 Å². The van der Waals surface area contributed by atoms with Gasteiger partial charge in [-0.15, -0.1) is 0 Å². The Morgan fingerprint density at radius 3 is 3.08 bits per heavy atom. The van der Waals surface area contributed by atoms with Crippen LogP contribution in [0.15, 0.2) is 4.52 Å². The summed E-state index contributed by atoms with van der Waals surface area (Å²) in [6.45, 7) is 2.89. The normalized spacial score (nSPS) is 22.4. The van der Waals surface area contributed by atoms with Gasteiger partial charge in [-0.25, -0.2) is 0 Å². The van der Waals surface area contributed by atoms with Gasteiger partial charge in [-0.05, 0) is 12.8 Å². The molecule has 0 saturated carbocycles. The summed E-state index contributed by atoms with van der Waals surface area (Å²) < 4.78 is 10.5. The molecule has 0 spiro atoms. The maximum atomic E-state index is 5.47. The van der Waals surface area contributed by atoms with Gasteiger partial charge in [0.2, 0.25) is 5.89 Å². The first-order valence-corrected chi connectivity index (χ1v) is 4.81. The molecule has 0 bridgehead atoms. The van der Waals surface area contributed by atoms with E-state index in [-0.39, 0.29) is 0 Å². The molecule has 1 unspecified atom stereocenters. The third-order valence-electron chi connectivity index (χ3n) is 2.25. The summed E-state index contributed by atoms with van der Waals surface area (Å²) >= 11 is 0. The van der Waals surface area contributed by atoms with Gasteiger partial charge in [-0.3, -0.25) is 0 Å². The second-order valence-electron chi connectivity index (χ2n) is 3.30. The average Bonchev–Trinajstić information content (AvgIpc) is 2.76. The first kappa shape index (κ1) is 8.69. The lowest BCUT2D eigenvalue weighted by atomic mass is 10.2. The Kier molecular flexibility index (Phi) is 2.59. The molecule has 1 fully saturated rings. The van der Waals surface area contributed by atoms with Crippen molar-refractivity contribution in [2.75, 3.05) is 6.61 Å². The van der Waals surface area contributed by atoms with Crippen LogP contribution in [-0.2, 0) is 17.6 Å². The highest BCUT2D eigenvalue weighted by atomic mass is 16.5. The van der Waals surface area contributed by atoms with Crippen molar-refractivity contribution in [3.63, 3.8) is 0 Å². The first-order valence-electron chi connectivity index (χ1n) is 4.81. The van der Waals surface area contributed by atoms with Crippen LogP contribution in [0.5, 0.6) is 0 Å². The fourth-order valence-corrected chi connectivity index (χ4v) is 1.52. The van der Waals surface area contributed by atoms with Crippen molar-refractivity contribution in [2.24, 2.45) is 0 Å². The van der Waals surface area contributed by atoms with Crippen LogP contribution >= 0.6 is 0 Å². The lowest BCUT2D eigenvalue weighted by Gasteiger charge is -2.03. The monoisotopic (exact) mass is 182 g/mol. The molecule has 1 saturated heterocycles. The fourth-order valence-electron chi connectivity index (χ4n) is 1.52. The summed E-state index contributed by atoms with van der Waals surface area (Å²) in [6.07, 6.45) is 4.16. The van der Waals surface area contributed by atoms with Crippen molar-refractivity contribution in [3.8, 4) is 0 Å². The first-order chi connectivity index (χ1) is 6.38. The van der Waals surface area contributed by atoms with Crippen LogP contribution in [0.25, 0.3) is 0 Å². The number of hydrogen-bond acceptors (Lipinski definition) is 4. The predicted molar refractivity (Wildman–Crippen MR) is 46.4 cm³/mol. The van der Waals surface area contributed by atoms with Crippen LogP contribution in [0.1, 0.15) is 31.5 Å². The zero-order chi connectivity index (χ0) is 9.10. The molecule has 1 aromatic rings. The van der Waals surface area contributed by atoms with Gasteiger partial charge in [-0.1, -0.05) is 12.1 Å². The van der Waals surface area contributed by atoms with Crippen molar-refractivity contribution in [1.29, 1.82) is 0 Å². The van der Waals surface area contributed by atoms with E-state index in [1.807, 2.05) is 6.92 Å². The molecule has 4 heteroatoms. The molecule has 0 N–H and O–H groups in total. The summed E-state index contributed by atoms with van der Waals surface area (Å²) in [5.74, 6) is 1.50. The summed E-state index contributed by atoms with van der Waals surface area (Å²) in [5, 5.41) is 3.84. The summed E-state index contributed by atoms with van der Waals surface area (Å²) in [4.78, 5) is 4.23. The Balaban J connectivity index is 1.92. The summed E-state index contributed by atoms with van der Waals surface area (Å²) in [6, 6.07) is 0. The maximum Gasteiger partial charge on any atom is 0.229 e. The van der Waals surface area contributed by atoms with Crippen molar-refractivity contribution < 1.29 is 9.26 Å². The average molecular weight is 182 g/mol. The quantitative estimate of drug-likeness (QED) is 0.708. The van der Waals surface area contributed by atoms with E-state index in [2.05, 4.69) is 10.1 Å². The Hall–Kier alpha value is -0.900. The molecule has 4 nitrogen and oxygen atoms in total. The molecular weight excluding hydrogens is 168 g/mol. The summed E-state index contributed by atoms with van der Waals surface area (Å²) in [5.41, 5.74) is 0. The molecule has 13 heavy (non-hydrogen) atoms. The van der Waals surface area contributed by atoms with Gasteiger partial charge in [0.05, 0.1) is 12.5 Å². The molecule has 2 heterocycles. The molecule has 2 rings (SSSR count). The molecule has 1 aromatic heterocycles. The van der Waals surface area contributed by atoms with Crippen molar-refractivity contribution >= 4 is 0 Å². The molecule has 0 aromatic carbocycles. The molecular formula is C9H14N2O2. The van der Waals surface area contributed by atoms with Gasteiger partial charge >= 0.3 is 0 Å². The van der Waals surface area contributed by atoms with Crippen LogP contribution in [0, 0.1) is 0 Å². The topological polar surface area (TPSA) is 48.2 Å². The van der Waals surface area contributed by atoms with Gasteiger partial charge in [0.15, 0.2) is 5.82 Å². The SMILES string of the molecule is CCc1noc(CC2CCCO2)n1. The zero-order valence-electron chi connectivity index (χ0n) is 7.82. The smallest absolute Gasteiger partial charge is 0.229 e. The predicted octanol–water partition coefficient (Wildman–Crippen LogP) is 1.35. The van der Waals surface area contributed by atoms with E-state index >= 15 is 0 Å². The molecule has 72 valence electrons. The van der Waals surface area contributed by atoms with Crippen LogP contribution in [0.2, 0.25) is 0 Å². The lowest BCUT2D eigenvalue weighted by molar-refractivity contribution is 0.104. The Morgan fingerprint density at radius 2 is 2.46 bits per heavy atom. The van der Waals surface area contributed by atoms with Crippen molar-refractivity contribution in [2.45, 2.75) is 38.7 Å². The molecule has 0 aliphatic carbocycles. The second kappa shape index (κ2) is 3.87. The molecule has 0 amide bonds. The number of aryl methyl sites for hydroxylation is 1. The largest absolute Gasteiger partial charge is 0.378 e. The highest BCUT2D eigenvalue weighted by Crippen LogP contribution is 2.16. The minimum Gasteiger partial charge on any atom is -0.378 e. The lowest BCUT2D eigenvalue weighted by Crippen LogP contribution is -2.08. The van der Waals surface area contributed by atoms with E-state index in [1.165, 1.54) is 0 Å². The number of nitrogens with zero attached hydrogens (tertiary/aromatic N) is 2. The van der Waals surface area contributed by atoms with Crippen LogP contribution in [0.4, 0.5) is 0 Å². The van der Waals surface area contributed by atoms with Gasteiger partial charge < -0.3 is 9.26 Å². The standard InChI is InChI=1S/C9H14N2O2/c1-2-8-10-9(13-11-8)6-7-4-3-5-12-7/h7H,2-6H2,1H3.